The molecule has 7 heavy (non-hydrogen) atoms. The van der Waals surface area contributed by atoms with Crippen LogP contribution in [0.1, 0.15) is 0 Å². The van der Waals surface area contributed by atoms with Crippen LogP contribution in [0.15, 0.2) is 11.6 Å². The van der Waals surface area contributed by atoms with E-state index >= 15 is 0 Å². The molecule has 0 atom stereocenters. The zero-order valence-corrected chi connectivity index (χ0v) is 5.05. The molecule has 0 spiro atoms. The molecule has 0 aliphatic carbocycles. The van der Waals surface area contributed by atoms with Crippen molar-refractivity contribution in [3.63, 3.8) is 0 Å². The first-order chi connectivity index (χ1) is 3.43. The van der Waals surface area contributed by atoms with Gasteiger partial charge in [0.2, 0.25) is 0 Å². The van der Waals surface area contributed by atoms with Crippen molar-refractivity contribution < 1.29 is 0 Å². The van der Waals surface area contributed by atoms with Gasteiger partial charge >= 0.3 is 0 Å². The van der Waals surface area contributed by atoms with Crippen molar-refractivity contribution in [3.05, 3.63) is 11.6 Å². The molecule has 1 aliphatic rings. The van der Waals surface area contributed by atoms with Crippen LogP contribution in [-0.2, 0) is 0 Å². The third kappa shape index (κ3) is 1.07. The van der Waals surface area contributed by atoms with Crippen LogP contribution in [-0.4, -0.2) is 9.91 Å². The second-order valence-electron chi connectivity index (χ2n) is 0.923. The van der Waals surface area contributed by atoms with E-state index in [0.717, 1.165) is 0 Å². The van der Waals surface area contributed by atoms with Gasteiger partial charge in [0.25, 0.3) is 0 Å². The molecule has 0 bridgehead atoms. The average Bonchev–Trinajstić information content (AvgIpc) is 2.14. The van der Waals surface area contributed by atoms with Gasteiger partial charge in [-0.15, -0.1) is 0 Å². The Kier molecular flexibility index (Phi) is 1.54. The molecule has 0 unspecified atom stereocenters. The number of hydrazine groups is 1. The molecule has 0 fully saturated rings. The quantitative estimate of drug-likeness (QED) is 0.417. The molecule has 37 valence electrons. The molecule has 1 aliphatic heterocycles. The van der Waals surface area contributed by atoms with Crippen molar-refractivity contribution in [2.75, 3.05) is 0 Å². The molecule has 0 amide bonds. The summed E-state index contributed by atoms with van der Waals surface area (Å²) < 4.78 is 1.61. The third-order valence-electron chi connectivity index (χ3n) is 0.509. The van der Waals surface area contributed by atoms with Crippen molar-refractivity contribution in [2.45, 2.75) is 0 Å². The van der Waals surface area contributed by atoms with E-state index < -0.39 is 0 Å². The SMILES string of the molecule is S=[C]N1NC=CS1. The highest BCUT2D eigenvalue weighted by molar-refractivity contribution is 8.01. The van der Waals surface area contributed by atoms with Crippen LogP contribution in [0.5, 0.6) is 0 Å². The Bertz CT molecular complexity index is 93.1. The lowest BCUT2D eigenvalue weighted by Crippen LogP contribution is -2.19. The van der Waals surface area contributed by atoms with E-state index in [1.54, 1.807) is 10.6 Å². The van der Waals surface area contributed by atoms with Crippen molar-refractivity contribution in [3.8, 4) is 0 Å². The highest BCUT2D eigenvalue weighted by Gasteiger charge is 1.97. The maximum Gasteiger partial charge on any atom is 0.170 e. The Morgan fingerprint density at radius 3 is 3.00 bits per heavy atom. The summed E-state index contributed by atoms with van der Waals surface area (Å²) in [4.78, 5) is 0. The van der Waals surface area contributed by atoms with Crippen LogP contribution in [0.25, 0.3) is 0 Å². The number of hydrogen-bond acceptors (Lipinski definition) is 3. The monoisotopic (exact) mass is 131 g/mol. The van der Waals surface area contributed by atoms with E-state index in [9.17, 15) is 0 Å². The van der Waals surface area contributed by atoms with Gasteiger partial charge in [0.15, 0.2) is 5.49 Å². The molecule has 0 aromatic rings. The van der Waals surface area contributed by atoms with Gasteiger partial charge in [-0.05, 0) is 0 Å². The minimum Gasteiger partial charge on any atom is -0.294 e. The van der Waals surface area contributed by atoms with Crippen LogP contribution < -0.4 is 5.43 Å². The molecule has 0 aromatic heterocycles. The molecular weight excluding hydrogens is 128 g/mol. The second-order valence-corrected chi connectivity index (χ2v) is 1.95. The summed E-state index contributed by atoms with van der Waals surface area (Å²) in [5.41, 5.74) is 5.28. The van der Waals surface area contributed by atoms with E-state index in [2.05, 4.69) is 23.1 Å². The lowest BCUT2D eigenvalue weighted by atomic mass is 11.1. The standard InChI is InChI=1S/C3H3N2S2/c6-3-5-4-1-2-7-5/h1-2,4H. The van der Waals surface area contributed by atoms with Crippen LogP contribution in [0, 0.1) is 0 Å². The summed E-state index contributed by atoms with van der Waals surface area (Å²) >= 11 is 5.93. The highest BCUT2D eigenvalue weighted by atomic mass is 32.2. The fourth-order valence-electron chi connectivity index (χ4n) is 0.268. The van der Waals surface area contributed by atoms with Crippen LogP contribution in [0.3, 0.4) is 0 Å². The number of hydrogen-bond donors (Lipinski definition) is 1. The summed E-state index contributed by atoms with van der Waals surface area (Å²) in [5, 5.41) is 1.89. The number of nitrogens with one attached hydrogen (secondary N) is 1. The molecule has 0 aromatic carbocycles. The highest BCUT2D eigenvalue weighted by Crippen LogP contribution is 2.09. The van der Waals surface area contributed by atoms with Gasteiger partial charge in [-0.1, -0.05) is 12.2 Å². The van der Waals surface area contributed by atoms with E-state index in [4.69, 9.17) is 0 Å². The Hall–Kier alpha value is -0.220. The lowest BCUT2D eigenvalue weighted by Gasteiger charge is -2.04. The van der Waals surface area contributed by atoms with Gasteiger partial charge in [-0.2, -0.15) is 0 Å². The first-order valence-electron chi connectivity index (χ1n) is 1.69. The van der Waals surface area contributed by atoms with E-state index in [0.29, 0.717) is 0 Å². The summed E-state index contributed by atoms with van der Waals surface area (Å²) in [6.45, 7) is 0. The molecule has 1 heterocycles. The molecule has 1 rings (SSSR count). The fraction of sp³-hybridized carbons (Fsp3) is 0. The van der Waals surface area contributed by atoms with Gasteiger partial charge < -0.3 is 0 Å². The minimum atomic E-state index is 1.47. The molecule has 1 radical (unpaired) electrons. The largest absolute Gasteiger partial charge is 0.294 e. The zero-order valence-electron chi connectivity index (χ0n) is 3.42. The van der Waals surface area contributed by atoms with Gasteiger partial charge in [-0.3, -0.25) is 5.43 Å². The van der Waals surface area contributed by atoms with Crippen LogP contribution in [0.4, 0.5) is 0 Å². The van der Waals surface area contributed by atoms with E-state index in [1.807, 2.05) is 5.41 Å². The first-order valence-corrected chi connectivity index (χ1v) is 2.94. The topological polar surface area (TPSA) is 15.3 Å². The smallest absolute Gasteiger partial charge is 0.170 e. The van der Waals surface area contributed by atoms with Gasteiger partial charge in [0.1, 0.15) is 0 Å². The van der Waals surface area contributed by atoms with E-state index in [-0.39, 0.29) is 0 Å². The number of rotatable bonds is 1. The number of nitrogens with zero attached hydrogens (tertiary/aromatic N) is 1. The molecule has 0 saturated carbocycles. The maximum atomic E-state index is 4.46. The second kappa shape index (κ2) is 2.18. The normalized spacial score (nSPS) is 16.9. The fourth-order valence-corrected chi connectivity index (χ4v) is 0.858. The van der Waals surface area contributed by atoms with Crippen LogP contribution in [0.2, 0.25) is 0 Å². The summed E-state index contributed by atoms with van der Waals surface area (Å²) in [6, 6.07) is 0. The van der Waals surface area contributed by atoms with Crippen LogP contribution >= 0.6 is 24.2 Å². The molecule has 2 nitrogen and oxygen atoms in total. The Labute approximate surface area is 51.7 Å². The van der Waals surface area contributed by atoms with E-state index in [1.165, 1.54) is 11.9 Å². The Balaban J connectivity index is 2.35. The predicted molar refractivity (Wildman–Crippen MR) is 34.3 cm³/mol. The average molecular weight is 131 g/mol. The van der Waals surface area contributed by atoms with Gasteiger partial charge in [0.05, 0.1) is 0 Å². The zero-order chi connectivity index (χ0) is 5.11. The minimum absolute atomic E-state index is 1.47. The summed E-state index contributed by atoms with van der Waals surface area (Å²) in [5.74, 6) is 0. The molecule has 0 saturated heterocycles. The van der Waals surface area contributed by atoms with Crippen molar-refractivity contribution in [1.82, 2.24) is 9.84 Å². The first kappa shape index (κ1) is 4.93. The van der Waals surface area contributed by atoms with Gasteiger partial charge in [-0.25, -0.2) is 4.41 Å². The summed E-state index contributed by atoms with van der Waals surface area (Å²) in [6.07, 6.45) is 1.80. The number of thiocarbonyl (C=S) groups is 1. The predicted octanol–water partition coefficient (Wildman–Crippen LogP) is 0.760. The maximum absolute atomic E-state index is 4.46. The third-order valence-corrected chi connectivity index (χ3v) is 1.47. The van der Waals surface area contributed by atoms with Crippen molar-refractivity contribution in [1.29, 1.82) is 0 Å². The summed E-state index contributed by atoms with van der Waals surface area (Å²) in [7, 11) is 0. The van der Waals surface area contributed by atoms with Crippen molar-refractivity contribution >= 4 is 29.7 Å². The molecule has 1 N–H and O–H groups in total. The molecular formula is C3H3N2S2. The molecule has 4 heteroatoms. The lowest BCUT2D eigenvalue weighted by molar-refractivity contribution is 0.628. The van der Waals surface area contributed by atoms with Crippen molar-refractivity contribution in [2.24, 2.45) is 0 Å². The Morgan fingerprint density at radius 1 is 1.86 bits per heavy atom. The Morgan fingerprint density at radius 2 is 2.71 bits per heavy atom. The van der Waals surface area contributed by atoms with Gasteiger partial charge in [0, 0.05) is 23.6 Å².